The third kappa shape index (κ3) is 1.86. The van der Waals surface area contributed by atoms with Gasteiger partial charge in [0.05, 0.1) is 0 Å². The quantitative estimate of drug-likeness (QED) is 0.605. The average Bonchev–Trinajstić information content (AvgIpc) is 2.42. The summed E-state index contributed by atoms with van der Waals surface area (Å²) in [6.45, 7) is 8.36. The summed E-state index contributed by atoms with van der Waals surface area (Å²) in [5, 5.41) is 0. The summed E-state index contributed by atoms with van der Waals surface area (Å²) in [6, 6.07) is 1.10. The minimum atomic E-state index is -0.572. The van der Waals surface area contributed by atoms with Gasteiger partial charge in [0.1, 0.15) is 6.17 Å². The van der Waals surface area contributed by atoms with Crippen LogP contribution in [-0.2, 0) is 0 Å². The molecule has 0 aromatic carbocycles. The monoisotopic (exact) mass is 186 g/mol. The van der Waals surface area contributed by atoms with E-state index in [1.807, 2.05) is 0 Å². The predicted octanol–water partition coefficient (Wildman–Crippen LogP) is 1.12. The number of fused-ring (bicyclic) bond motifs is 1. The van der Waals surface area contributed by atoms with Gasteiger partial charge in [-0.15, -0.1) is 0 Å². The third-order valence-electron chi connectivity index (χ3n) is 3.33. The molecule has 2 atom stereocenters. The van der Waals surface area contributed by atoms with Crippen LogP contribution in [0.25, 0.3) is 0 Å². The molecule has 0 aliphatic carbocycles. The first kappa shape index (κ1) is 9.41. The Balaban J connectivity index is 1.93. The Bertz CT molecular complexity index is 184. The summed E-state index contributed by atoms with van der Waals surface area (Å²) < 4.78 is 13.1. The van der Waals surface area contributed by atoms with Gasteiger partial charge in [-0.1, -0.05) is 0 Å². The minimum Gasteiger partial charge on any atom is -0.298 e. The van der Waals surface area contributed by atoms with Crippen molar-refractivity contribution in [1.82, 2.24) is 9.80 Å². The Morgan fingerprint density at radius 3 is 2.69 bits per heavy atom. The van der Waals surface area contributed by atoms with Gasteiger partial charge in [-0.3, -0.25) is 9.80 Å². The number of alkyl halides is 1. The van der Waals surface area contributed by atoms with E-state index in [0.29, 0.717) is 18.6 Å². The van der Waals surface area contributed by atoms with Crippen LogP contribution in [0, 0.1) is 0 Å². The van der Waals surface area contributed by atoms with E-state index in [1.165, 1.54) is 0 Å². The number of piperazine rings is 1. The molecule has 0 aromatic heterocycles. The Labute approximate surface area is 79.7 Å². The summed E-state index contributed by atoms with van der Waals surface area (Å²) in [7, 11) is 0. The number of hydrogen-bond acceptors (Lipinski definition) is 2. The van der Waals surface area contributed by atoms with E-state index in [-0.39, 0.29) is 0 Å². The first-order valence-corrected chi connectivity index (χ1v) is 5.29. The molecule has 0 saturated carbocycles. The van der Waals surface area contributed by atoms with Crippen LogP contribution in [0.4, 0.5) is 4.39 Å². The van der Waals surface area contributed by atoms with Gasteiger partial charge in [0.15, 0.2) is 0 Å². The lowest BCUT2D eigenvalue weighted by Crippen LogP contribution is -2.52. The van der Waals surface area contributed by atoms with Gasteiger partial charge in [-0.2, -0.15) is 0 Å². The van der Waals surface area contributed by atoms with Crippen LogP contribution < -0.4 is 0 Å². The zero-order valence-corrected chi connectivity index (χ0v) is 8.54. The van der Waals surface area contributed by atoms with Crippen LogP contribution in [-0.4, -0.2) is 54.2 Å². The van der Waals surface area contributed by atoms with Crippen molar-refractivity contribution in [3.05, 3.63) is 0 Å². The fraction of sp³-hybridized carbons (Fsp3) is 1.00. The lowest BCUT2D eigenvalue weighted by molar-refractivity contribution is 0.0823. The fourth-order valence-electron chi connectivity index (χ4n) is 2.47. The zero-order valence-electron chi connectivity index (χ0n) is 8.54. The smallest absolute Gasteiger partial charge is 0.114 e. The normalized spacial score (nSPS) is 36.9. The lowest BCUT2D eigenvalue weighted by Gasteiger charge is -2.39. The summed E-state index contributed by atoms with van der Waals surface area (Å²) in [6.07, 6.45) is 0.181. The molecule has 0 radical (unpaired) electrons. The van der Waals surface area contributed by atoms with Gasteiger partial charge in [-0.25, -0.2) is 4.39 Å². The Hall–Kier alpha value is -0.150. The third-order valence-corrected chi connectivity index (χ3v) is 3.33. The van der Waals surface area contributed by atoms with Crippen molar-refractivity contribution < 1.29 is 4.39 Å². The van der Waals surface area contributed by atoms with Crippen LogP contribution in [0.2, 0.25) is 0 Å². The molecule has 2 aliphatic heterocycles. The molecule has 0 aromatic rings. The molecule has 0 amide bonds. The van der Waals surface area contributed by atoms with Crippen molar-refractivity contribution in [2.24, 2.45) is 0 Å². The maximum Gasteiger partial charge on any atom is 0.114 e. The van der Waals surface area contributed by atoms with Crippen molar-refractivity contribution in [3.8, 4) is 0 Å². The molecule has 2 nitrogen and oxygen atoms in total. The molecule has 0 N–H and O–H groups in total. The van der Waals surface area contributed by atoms with E-state index >= 15 is 0 Å². The van der Waals surface area contributed by atoms with Crippen molar-refractivity contribution in [2.45, 2.75) is 38.5 Å². The van der Waals surface area contributed by atoms with Gasteiger partial charge >= 0.3 is 0 Å². The van der Waals surface area contributed by atoms with Crippen molar-refractivity contribution >= 4 is 0 Å². The molecule has 2 aliphatic rings. The topological polar surface area (TPSA) is 6.48 Å². The molecule has 2 heterocycles. The molecule has 2 saturated heterocycles. The predicted molar refractivity (Wildman–Crippen MR) is 51.6 cm³/mol. The second kappa shape index (κ2) is 3.54. The van der Waals surface area contributed by atoms with E-state index in [2.05, 4.69) is 23.6 Å². The largest absolute Gasteiger partial charge is 0.298 e. The molecule has 2 fully saturated rings. The molecular formula is C10H19FN2. The highest BCUT2D eigenvalue weighted by molar-refractivity contribution is 4.91. The number of hydrogen-bond donors (Lipinski definition) is 0. The molecule has 0 bridgehead atoms. The summed E-state index contributed by atoms with van der Waals surface area (Å²) in [4.78, 5) is 4.77. The molecule has 13 heavy (non-hydrogen) atoms. The molecule has 2 rings (SSSR count). The highest BCUT2D eigenvalue weighted by atomic mass is 19.1. The van der Waals surface area contributed by atoms with Crippen LogP contribution in [0.15, 0.2) is 0 Å². The first-order valence-electron chi connectivity index (χ1n) is 5.29. The number of nitrogens with zero attached hydrogens (tertiary/aromatic N) is 2. The second-order valence-electron chi connectivity index (χ2n) is 4.57. The second-order valence-corrected chi connectivity index (χ2v) is 4.57. The van der Waals surface area contributed by atoms with E-state index < -0.39 is 6.17 Å². The highest BCUT2D eigenvalue weighted by Gasteiger charge is 2.36. The zero-order chi connectivity index (χ0) is 9.42. The van der Waals surface area contributed by atoms with Crippen LogP contribution in [0.3, 0.4) is 0 Å². The first-order chi connectivity index (χ1) is 6.16. The van der Waals surface area contributed by atoms with Gasteiger partial charge in [-0.05, 0) is 20.3 Å². The molecule has 0 unspecified atom stereocenters. The van der Waals surface area contributed by atoms with Crippen LogP contribution in [0.5, 0.6) is 0 Å². The Morgan fingerprint density at radius 2 is 2.00 bits per heavy atom. The van der Waals surface area contributed by atoms with E-state index in [1.54, 1.807) is 0 Å². The van der Waals surface area contributed by atoms with Gasteiger partial charge in [0.25, 0.3) is 0 Å². The molecule has 76 valence electrons. The Morgan fingerprint density at radius 1 is 1.23 bits per heavy atom. The summed E-state index contributed by atoms with van der Waals surface area (Å²) in [5.41, 5.74) is 0. The van der Waals surface area contributed by atoms with E-state index in [4.69, 9.17) is 0 Å². The fourth-order valence-corrected chi connectivity index (χ4v) is 2.47. The number of rotatable bonds is 1. The SMILES string of the molecule is CC(C)N1CCN2C[C@@H](F)C[C@@H]2C1. The minimum absolute atomic E-state index is 0.492. The lowest BCUT2D eigenvalue weighted by atomic mass is 10.1. The Kier molecular flexibility index (Phi) is 2.56. The summed E-state index contributed by atoms with van der Waals surface area (Å²) >= 11 is 0. The standard InChI is InChI=1S/C10H19FN2/c1-8(2)12-3-4-13-6-9(11)5-10(13)7-12/h8-10H,3-7H2,1-2H3/t9-,10+/m0/s1. The van der Waals surface area contributed by atoms with Gasteiger partial charge in [0.2, 0.25) is 0 Å². The molecular weight excluding hydrogens is 167 g/mol. The van der Waals surface area contributed by atoms with E-state index in [0.717, 1.165) is 26.1 Å². The number of halogens is 1. The molecule has 0 spiro atoms. The van der Waals surface area contributed by atoms with Crippen molar-refractivity contribution in [2.75, 3.05) is 26.2 Å². The highest BCUT2D eigenvalue weighted by Crippen LogP contribution is 2.24. The van der Waals surface area contributed by atoms with Crippen LogP contribution >= 0.6 is 0 Å². The van der Waals surface area contributed by atoms with Crippen molar-refractivity contribution in [3.63, 3.8) is 0 Å². The maximum atomic E-state index is 13.1. The van der Waals surface area contributed by atoms with Crippen LogP contribution in [0.1, 0.15) is 20.3 Å². The maximum absolute atomic E-state index is 13.1. The average molecular weight is 186 g/mol. The summed E-state index contributed by atoms with van der Waals surface area (Å²) in [5.74, 6) is 0. The van der Waals surface area contributed by atoms with E-state index in [9.17, 15) is 4.39 Å². The van der Waals surface area contributed by atoms with Gasteiger partial charge in [0, 0.05) is 38.3 Å². The molecule has 3 heteroatoms. The van der Waals surface area contributed by atoms with Crippen molar-refractivity contribution in [1.29, 1.82) is 0 Å². The van der Waals surface area contributed by atoms with Gasteiger partial charge < -0.3 is 0 Å².